The molecule has 3 aliphatic rings. The SMILES string of the molecule is CCN(C1=CC(c2ccccc2)C=C(C(=O)OC)C1(C)CN1CCOCC1)C1CCOCC1. The van der Waals surface area contributed by atoms with Gasteiger partial charge in [-0.05, 0) is 32.3 Å². The number of methoxy groups -OCH3 is 1. The number of hydrogen-bond donors (Lipinski definition) is 0. The van der Waals surface area contributed by atoms with Crippen molar-refractivity contribution in [2.24, 2.45) is 5.41 Å². The highest BCUT2D eigenvalue weighted by atomic mass is 16.5. The molecule has 6 nitrogen and oxygen atoms in total. The summed E-state index contributed by atoms with van der Waals surface area (Å²) in [6.07, 6.45) is 6.53. The Hall–Kier alpha value is -2.15. The second kappa shape index (κ2) is 10.9. The molecule has 33 heavy (non-hydrogen) atoms. The lowest BCUT2D eigenvalue weighted by atomic mass is 9.70. The largest absolute Gasteiger partial charge is 0.466 e. The van der Waals surface area contributed by atoms with E-state index in [1.807, 2.05) is 6.07 Å². The van der Waals surface area contributed by atoms with Gasteiger partial charge in [0, 0.05) is 62.6 Å². The molecule has 2 unspecified atom stereocenters. The molecule has 0 radical (unpaired) electrons. The first-order valence-corrected chi connectivity index (χ1v) is 12.3. The van der Waals surface area contributed by atoms with Crippen LogP contribution >= 0.6 is 0 Å². The third-order valence-electron chi connectivity index (χ3n) is 7.36. The fourth-order valence-corrected chi connectivity index (χ4v) is 5.58. The molecule has 2 aliphatic heterocycles. The summed E-state index contributed by atoms with van der Waals surface area (Å²) in [5.74, 6) is -0.206. The van der Waals surface area contributed by atoms with Gasteiger partial charge in [-0.25, -0.2) is 4.79 Å². The van der Waals surface area contributed by atoms with Gasteiger partial charge in [0.25, 0.3) is 0 Å². The summed E-state index contributed by atoms with van der Waals surface area (Å²) >= 11 is 0. The van der Waals surface area contributed by atoms with Crippen molar-refractivity contribution in [2.75, 3.05) is 59.7 Å². The van der Waals surface area contributed by atoms with Gasteiger partial charge >= 0.3 is 5.97 Å². The second-order valence-corrected chi connectivity index (χ2v) is 9.41. The van der Waals surface area contributed by atoms with E-state index in [0.717, 1.165) is 71.0 Å². The third kappa shape index (κ3) is 5.18. The van der Waals surface area contributed by atoms with Crippen LogP contribution < -0.4 is 0 Å². The molecule has 2 fully saturated rings. The summed E-state index contributed by atoms with van der Waals surface area (Å²) in [6.45, 7) is 10.9. The summed E-state index contributed by atoms with van der Waals surface area (Å²) in [5.41, 5.74) is 2.71. The van der Waals surface area contributed by atoms with Crippen LogP contribution in [0.2, 0.25) is 0 Å². The van der Waals surface area contributed by atoms with Crippen molar-refractivity contribution >= 4 is 5.97 Å². The average Bonchev–Trinajstić information content (AvgIpc) is 2.87. The Labute approximate surface area is 198 Å². The molecule has 0 N–H and O–H groups in total. The highest BCUT2D eigenvalue weighted by Gasteiger charge is 2.45. The van der Waals surface area contributed by atoms with Crippen LogP contribution in [0, 0.1) is 5.41 Å². The minimum absolute atomic E-state index is 0.0296. The molecule has 0 amide bonds. The van der Waals surface area contributed by atoms with E-state index in [1.165, 1.54) is 18.4 Å². The number of benzene rings is 1. The molecule has 2 saturated heterocycles. The average molecular weight is 455 g/mol. The zero-order chi connectivity index (χ0) is 23.3. The van der Waals surface area contributed by atoms with E-state index in [-0.39, 0.29) is 11.9 Å². The Morgan fingerprint density at radius 1 is 1.09 bits per heavy atom. The van der Waals surface area contributed by atoms with Crippen LogP contribution in [0.3, 0.4) is 0 Å². The lowest BCUT2D eigenvalue weighted by Gasteiger charge is -2.48. The smallest absolute Gasteiger partial charge is 0.334 e. The Bertz CT molecular complexity index is 856. The zero-order valence-electron chi connectivity index (χ0n) is 20.3. The Morgan fingerprint density at radius 2 is 1.76 bits per heavy atom. The van der Waals surface area contributed by atoms with Crippen LogP contribution in [0.1, 0.15) is 38.2 Å². The molecular formula is C27H38N2O4. The van der Waals surface area contributed by atoms with E-state index in [9.17, 15) is 4.79 Å². The van der Waals surface area contributed by atoms with E-state index >= 15 is 0 Å². The first-order chi connectivity index (χ1) is 16.1. The minimum atomic E-state index is -0.468. The zero-order valence-corrected chi connectivity index (χ0v) is 20.3. The number of allylic oxidation sites excluding steroid dienone is 2. The number of rotatable bonds is 7. The van der Waals surface area contributed by atoms with Gasteiger partial charge in [-0.2, -0.15) is 0 Å². The number of nitrogens with zero attached hydrogens (tertiary/aromatic N) is 2. The molecule has 6 heteroatoms. The molecule has 1 aliphatic carbocycles. The fraction of sp³-hybridized carbons (Fsp3) is 0.593. The maximum Gasteiger partial charge on any atom is 0.334 e. The van der Waals surface area contributed by atoms with E-state index in [0.29, 0.717) is 6.04 Å². The van der Waals surface area contributed by atoms with Gasteiger partial charge in [0.1, 0.15) is 0 Å². The summed E-state index contributed by atoms with van der Waals surface area (Å²) in [6, 6.07) is 10.8. The predicted octanol–water partition coefficient (Wildman–Crippen LogP) is 3.61. The van der Waals surface area contributed by atoms with E-state index in [1.54, 1.807) is 0 Å². The molecule has 1 aromatic carbocycles. The van der Waals surface area contributed by atoms with Crippen LogP contribution in [-0.2, 0) is 19.0 Å². The third-order valence-corrected chi connectivity index (χ3v) is 7.36. The standard InChI is InChI=1S/C27H38N2O4/c1-4-29(23-10-14-32-15-11-23)25-19-22(21-8-6-5-7-9-21)18-24(26(30)31-3)27(25,2)20-28-12-16-33-17-13-28/h5-9,18-19,22-23H,4,10-17,20H2,1-3H3. The molecule has 180 valence electrons. The van der Waals surface area contributed by atoms with Gasteiger partial charge < -0.3 is 19.1 Å². The number of hydrogen-bond acceptors (Lipinski definition) is 6. The number of esters is 1. The maximum atomic E-state index is 13.2. The molecule has 0 saturated carbocycles. The Balaban J connectivity index is 1.79. The Kier molecular flexibility index (Phi) is 7.89. The van der Waals surface area contributed by atoms with E-state index < -0.39 is 5.41 Å². The van der Waals surface area contributed by atoms with Crippen LogP contribution in [0.5, 0.6) is 0 Å². The van der Waals surface area contributed by atoms with Crippen molar-refractivity contribution in [3.8, 4) is 0 Å². The molecule has 0 spiro atoms. The minimum Gasteiger partial charge on any atom is -0.466 e. The lowest BCUT2D eigenvalue weighted by molar-refractivity contribution is -0.137. The summed E-state index contributed by atoms with van der Waals surface area (Å²) < 4.78 is 16.6. The van der Waals surface area contributed by atoms with Gasteiger partial charge in [0.05, 0.1) is 25.7 Å². The summed E-state index contributed by atoms with van der Waals surface area (Å²) in [7, 11) is 1.49. The van der Waals surface area contributed by atoms with Crippen molar-refractivity contribution in [2.45, 2.75) is 38.6 Å². The van der Waals surface area contributed by atoms with Crippen LogP contribution in [0.15, 0.2) is 53.8 Å². The highest BCUT2D eigenvalue weighted by molar-refractivity contribution is 5.91. The van der Waals surface area contributed by atoms with Crippen molar-refractivity contribution in [3.05, 3.63) is 59.3 Å². The summed E-state index contributed by atoms with van der Waals surface area (Å²) in [4.78, 5) is 18.2. The monoisotopic (exact) mass is 454 g/mol. The number of morpholine rings is 1. The Morgan fingerprint density at radius 3 is 2.39 bits per heavy atom. The number of carbonyl (C=O) groups is 1. The van der Waals surface area contributed by atoms with Gasteiger partial charge in [0.2, 0.25) is 0 Å². The highest BCUT2D eigenvalue weighted by Crippen LogP contribution is 2.46. The van der Waals surface area contributed by atoms with E-state index in [2.05, 4.69) is 60.1 Å². The molecule has 4 rings (SSSR count). The molecular weight excluding hydrogens is 416 g/mol. The van der Waals surface area contributed by atoms with Gasteiger partial charge in [-0.1, -0.05) is 42.5 Å². The maximum absolute atomic E-state index is 13.2. The molecule has 1 aromatic rings. The van der Waals surface area contributed by atoms with Crippen molar-refractivity contribution in [1.82, 2.24) is 9.80 Å². The van der Waals surface area contributed by atoms with Crippen molar-refractivity contribution in [3.63, 3.8) is 0 Å². The number of carbonyl (C=O) groups excluding carboxylic acids is 1. The van der Waals surface area contributed by atoms with Gasteiger partial charge in [-0.3, -0.25) is 4.90 Å². The first kappa shape index (κ1) is 24.0. The predicted molar refractivity (Wildman–Crippen MR) is 129 cm³/mol. The second-order valence-electron chi connectivity index (χ2n) is 9.41. The van der Waals surface area contributed by atoms with Gasteiger partial charge in [0.15, 0.2) is 0 Å². The number of ether oxygens (including phenoxy) is 3. The normalized spacial score (nSPS) is 26.9. The summed E-state index contributed by atoms with van der Waals surface area (Å²) in [5, 5.41) is 0. The molecule has 0 aromatic heterocycles. The van der Waals surface area contributed by atoms with Crippen LogP contribution in [0.4, 0.5) is 0 Å². The lowest BCUT2D eigenvalue weighted by Crippen LogP contribution is -2.51. The topological polar surface area (TPSA) is 51.2 Å². The van der Waals surface area contributed by atoms with Crippen LogP contribution in [-0.4, -0.2) is 81.5 Å². The first-order valence-electron chi connectivity index (χ1n) is 12.3. The quantitative estimate of drug-likeness (QED) is 0.587. The van der Waals surface area contributed by atoms with E-state index in [4.69, 9.17) is 14.2 Å². The van der Waals surface area contributed by atoms with Crippen molar-refractivity contribution in [1.29, 1.82) is 0 Å². The van der Waals surface area contributed by atoms with Gasteiger partial charge in [-0.15, -0.1) is 0 Å². The molecule has 2 atom stereocenters. The molecule has 0 bridgehead atoms. The molecule has 2 heterocycles. The van der Waals surface area contributed by atoms with Crippen molar-refractivity contribution < 1.29 is 19.0 Å². The fourth-order valence-electron chi connectivity index (χ4n) is 5.58. The van der Waals surface area contributed by atoms with Crippen LogP contribution in [0.25, 0.3) is 0 Å².